The van der Waals surface area contributed by atoms with E-state index < -0.39 is 10.0 Å². The average Bonchev–Trinajstić information content (AvgIpc) is 3.55. The van der Waals surface area contributed by atoms with Gasteiger partial charge in [-0.25, -0.2) is 13.1 Å². The lowest BCUT2D eigenvalue weighted by Gasteiger charge is -2.25. The smallest absolute Gasteiger partial charge is 0.270 e. The zero-order chi connectivity index (χ0) is 23.8. The van der Waals surface area contributed by atoms with Gasteiger partial charge < -0.3 is 10.1 Å². The lowest BCUT2D eigenvalue weighted by Crippen LogP contribution is -2.32. The van der Waals surface area contributed by atoms with Crippen LogP contribution in [-0.4, -0.2) is 57.7 Å². The molecule has 1 amide bonds. The molecule has 0 unspecified atom stereocenters. The van der Waals surface area contributed by atoms with Crippen LogP contribution in [0.3, 0.4) is 0 Å². The van der Waals surface area contributed by atoms with Gasteiger partial charge in [0.05, 0.1) is 23.1 Å². The normalized spacial score (nSPS) is 13.9. The number of carbonyl (C=O) groups is 1. The summed E-state index contributed by atoms with van der Waals surface area (Å²) in [5, 5.41) is 8.13. The van der Waals surface area contributed by atoms with E-state index in [0.717, 1.165) is 28.6 Å². The molecule has 2 aromatic carbocycles. The summed E-state index contributed by atoms with van der Waals surface area (Å²) in [6.45, 7) is 0.777. The molecular formula is C23H27BrN4O4S. The highest BCUT2D eigenvalue weighted by molar-refractivity contribution is 9.10. The van der Waals surface area contributed by atoms with E-state index in [4.69, 9.17) is 9.84 Å². The fraction of sp³-hybridized carbons (Fsp3) is 0.391. The predicted molar refractivity (Wildman–Crippen MR) is 133 cm³/mol. The fourth-order valence-electron chi connectivity index (χ4n) is 4.00. The molecule has 1 aromatic heterocycles. The maximum atomic E-state index is 12.9. The van der Waals surface area contributed by atoms with Crippen molar-refractivity contribution in [1.29, 1.82) is 0 Å². The molecule has 4 rings (SSSR count). The number of hydrogen-bond acceptors (Lipinski definition) is 5. The first-order chi connectivity index (χ1) is 15.7. The van der Waals surface area contributed by atoms with Crippen LogP contribution in [0.2, 0.25) is 0 Å². The number of rotatable bonds is 9. The summed E-state index contributed by atoms with van der Waals surface area (Å²) in [5.74, 6) is 0.0135. The zero-order valence-electron chi connectivity index (χ0n) is 18.8. The molecule has 0 spiro atoms. The number of fused-ring (bicyclic) bond motifs is 1. The zero-order valence-corrected chi connectivity index (χ0v) is 21.2. The van der Waals surface area contributed by atoms with Crippen molar-refractivity contribution in [2.24, 2.45) is 0 Å². The van der Waals surface area contributed by atoms with Gasteiger partial charge in [-0.15, -0.1) is 0 Å². The van der Waals surface area contributed by atoms with Crippen molar-refractivity contribution < 1.29 is 17.9 Å². The van der Waals surface area contributed by atoms with E-state index in [1.165, 1.54) is 10.6 Å². The summed E-state index contributed by atoms with van der Waals surface area (Å²) in [5.41, 5.74) is 3.30. The van der Waals surface area contributed by atoms with Crippen molar-refractivity contribution >= 4 is 48.5 Å². The van der Waals surface area contributed by atoms with Gasteiger partial charge in [0.1, 0.15) is 5.69 Å². The summed E-state index contributed by atoms with van der Waals surface area (Å²) in [4.78, 5) is 12.9. The highest BCUT2D eigenvalue weighted by Gasteiger charge is 2.32. The Morgan fingerprint density at radius 3 is 2.55 bits per heavy atom. The summed E-state index contributed by atoms with van der Waals surface area (Å²) >= 11 is 3.44. The molecule has 10 heteroatoms. The predicted octanol–water partition coefficient (Wildman–Crippen LogP) is 3.83. The SMILES string of the molecule is CNC(=O)c1c2cc(C3CC3)c(N(CCCOC)S(C)(=O)=O)cc2nn1-c1ccc(Br)cc1. The minimum absolute atomic E-state index is 0.255. The number of nitrogens with zero attached hydrogens (tertiary/aromatic N) is 3. The molecule has 1 aliphatic rings. The second kappa shape index (κ2) is 9.44. The van der Waals surface area contributed by atoms with Gasteiger partial charge in [0.15, 0.2) is 0 Å². The number of methoxy groups -OCH3 is 1. The average molecular weight is 535 g/mol. The lowest BCUT2D eigenvalue weighted by molar-refractivity contribution is 0.0957. The highest BCUT2D eigenvalue weighted by atomic mass is 79.9. The molecule has 0 bridgehead atoms. The minimum Gasteiger partial charge on any atom is -0.385 e. The molecule has 1 saturated carbocycles. The standard InChI is InChI=1S/C23H27BrN4O4S/c1-25-23(29)22-19-13-18(15-5-6-15)21(27(33(3,30)31)11-4-12-32-2)14-20(19)26-28(22)17-9-7-16(24)8-10-17/h7-10,13-15H,4-6,11-12H2,1-3H3,(H,25,29). The van der Waals surface area contributed by atoms with Crippen LogP contribution in [0, 0.1) is 0 Å². The third-order valence-electron chi connectivity index (χ3n) is 5.73. The first-order valence-electron chi connectivity index (χ1n) is 10.8. The molecule has 1 heterocycles. The van der Waals surface area contributed by atoms with Gasteiger partial charge in [-0.3, -0.25) is 9.10 Å². The van der Waals surface area contributed by atoms with Gasteiger partial charge in [-0.05, 0) is 67.1 Å². The third-order valence-corrected chi connectivity index (χ3v) is 7.44. The number of amides is 1. The van der Waals surface area contributed by atoms with Gasteiger partial charge in [0, 0.05) is 37.2 Å². The van der Waals surface area contributed by atoms with Crippen molar-refractivity contribution in [2.45, 2.75) is 25.2 Å². The molecule has 3 aromatic rings. The minimum atomic E-state index is -3.52. The largest absolute Gasteiger partial charge is 0.385 e. The molecule has 8 nitrogen and oxygen atoms in total. The van der Waals surface area contributed by atoms with Gasteiger partial charge in [0.25, 0.3) is 5.91 Å². The Labute approximate surface area is 202 Å². The van der Waals surface area contributed by atoms with Crippen LogP contribution in [0.25, 0.3) is 16.6 Å². The van der Waals surface area contributed by atoms with Crippen molar-refractivity contribution in [2.75, 3.05) is 37.9 Å². The Balaban J connectivity index is 1.93. The Kier molecular flexibility index (Phi) is 6.78. The number of anilines is 1. The Hall–Kier alpha value is -2.43. The van der Waals surface area contributed by atoms with Crippen LogP contribution in [-0.2, 0) is 14.8 Å². The lowest BCUT2D eigenvalue weighted by atomic mass is 10.0. The fourth-order valence-corrected chi connectivity index (χ4v) is 5.24. The van der Waals surface area contributed by atoms with Crippen molar-refractivity contribution in [3.8, 4) is 5.69 Å². The van der Waals surface area contributed by atoms with Crippen molar-refractivity contribution in [1.82, 2.24) is 15.1 Å². The quantitative estimate of drug-likeness (QED) is 0.421. The molecular weight excluding hydrogens is 508 g/mol. The molecule has 0 aliphatic heterocycles. The van der Waals surface area contributed by atoms with Gasteiger partial charge in [-0.1, -0.05) is 15.9 Å². The number of halogens is 1. The molecule has 176 valence electrons. The van der Waals surface area contributed by atoms with Crippen LogP contribution in [0.15, 0.2) is 40.9 Å². The highest BCUT2D eigenvalue weighted by Crippen LogP contribution is 2.46. The molecule has 1 aliphatic carbocycles. The summed E-state index contributed by atoms with van der Waals surface area (Å²) in [7, 11) is -0.331. The number of aromatic nitrogens is 2. The molecule has 33 heavy (non-hydrogen) atoms. The topological polar surface area (TPSA) is 93.5 Å². The molecule has 0 atom stereocenters. The number of sulfonamides is 1. The molecule has 0 radical (unpaired) electrons. The Morgan fingerprint density at radius 1 is 1.27 bits per heavy atom. The van der Waals surface area contributed by atoms with Gasteiger partial charge in [-0.2, -0.15) is 5.10 Å². The van der Waals surface area contributed by atoms with Crippen molar-refractivity contribution in [3.63, 3.8) is 0 Å². The maximum absolute atomic E-state index is 12.9. The second-order valence-electron chi connectivity index (χ2n) is 8.20. The maximum Gasteiger partial charge on any atom is 0.270 e. The molecule has 0 saturated heterocycles. The summed E-state index contributed by atoms with van der Waals surface area (Å²) in [6.07, 6.45) is 3.77. The number of hydrogen-bond donors (Lipinski definition) is 1. The van der Waals surface area contributed by atoms with E-state index in [2.05, 4.69) is 21.2 Å². The van der Waals surface area contributed by atoms with Gasteiger partial charge in [0.2, 0.25) is 10.0 Å². The van der Waals surface area contributed by atoms with E-state index in [-0.39, 0.29) is 11.8 Å². The van der Waals surface area contributed by atoms with Crippen LogP contribution in [0.5, 0.6) is 0 Å². The van der Waals surface area contributed by atoms with E-state index in [0.29, 0.717) is 41.9 Å². The molecule has 1 N–H and O–H groups in total. The Morgan fingerprint density at radius 2 is 1.97 bits per heavy atom. The van der Waals surface area contributed by atoms with Gasteiger partial charge >= 0.3 is 0 Å². The van der Waals surface area contributed by atoms with Crippen LogP contribution >= 0.6 is 15.9 Å². The molecule has 1 fully saturated rings. The first-order valence-corrected chi connectivity index (χ1v) is 13.4. The Bertz CT molecular complexity index is 1280. The number of nitrogens with one attached hydrogen (secondary N) is 1. The van der Waals surface area contributed by atoms with E-state index in [1.807, 2.05) is 30.3 Å². The summed E-state index contributed by atoms with van der Waals surface area (Å²) in [6, 6.07) is 11.3. The van der Waals surface area contributed by atoms with Crippen LogP contribution < -0.4 is 9.62 Å². The monoisotopic (exact) mass is 534 g/mol. The van der Waals surface area contributed by atoms with Crippen molar-refractivity contribution in [3.05, 3.63) is 52.1 Å². The third kappa shape index (κ3) is 4.92. The van der Waals surface area contributed by atoms with E-state index in [9.17, 15) is 13.2 Å². The number of benzene rings is 2. The summed E-state index contributed by atoms with van der Waals surface area (Å²) < 4.78 is 34.6. The van der Waals surface area contributed by atoms with E-state index in [1.54, 1.807) is 24.9 Å². The number of carbonyl (C=O) groups excluding carboxylic acids is 1. The first kappa shape index (κ1) is 23.7. The number of ether oxygens (including phenoxy) is 1. The second-order valence-corrected chi connectivity index (χ2v) is 11.0. The van der Waals surface area contributed by atoms with E-state index >= 15 is 0 Å². The van der Waals surface area contributed by atoms with Crippen LogP contribution in [0.1, 0.15) is 41.2 Å². The van der Waals surface area contributed by atoms with Crippen LogP contribution in [0.4, 0.5) is 5.69 Å².